The number of carbonyl (C=O) groups is 2. The summed E-state index contributed by atoms with van der Waals surface area (Å²) in [5.41, 5.74) is 7.60. The molecule has 0 unspecified atom stereocenters. The molecule has 2 aliphatic rings. The molecule has 30 heavy (non-hydrogen) atoms. The third-order valence-electron chi connectivity index (χ3n) is 6.67. The van der Waals surface area contributed by atoms with Crippen LogP contribution in [0, 0.1) is 0 Å². The van der Waals surface area contributed by atoms with Crippen LogP contribution in [0.15, 0.2) is 12.1 Å². The minimum atomic E-state index is -0.177. The number of hydrogen-bond acceptors (Lipinski definition) is 6. The van der Waals surface area contributed by atoms with E-state index in [-0.39, 0.29) is 17.2 Å². The molecule has 2 amide bonds. The van der Waals surface area contributed by atoms with Crippen LogP contribution < -0.4 is 11.1 Å². The highest BCUT2D eigenvalue weighted by Crippen LogP contribution is 2.38. The molecule has 4 heterocycles. The molecule has 8 heteroatoms. The van der Waals surface area contributed by atoms with Crippen molar-refractivity contribution < 1.29 is 9.59 Å². The van der Waals surface area contributed by atoms with Gasteiger partial charge in [-0.1, -0.05) is 13.3 Å². The summed E-state index contributed by atoms with van der Waals surface area (Å²) < 4.78 is 0. The summed E-state index contributed by atoms with van der Waals surface area (Å²) in [5, 5.41) is 3.47. The second-order valence-electron chi connectivity index (χ2n) is 8.75. The second kappa shape index (κ2) is 8.51. The maximum Gasteiger partial charge on any atom is 0.263 e. The third-order valence-corrected chi connectivity index (χ3v) is 7.79. The summed E-state index contributed by atoms with van der Waals surface area (Å²) in [6.07, 6.45) is 5.47. The molecule has 162 valence electrons. The average molecular weight is 430 g/mol. The highest BCUT2D eigenvalue weighted by molar-refractivity contribution is 7.21. The number of hydrogen-bond donors (Lipinski definition) is 2. The molecule has 2 aromatic heterocycles. The molecule has 0 radical (unpaired) electrons. The lowest BCUT2D eigenvalue weighted by Gasteiger charge is -2.40. The first-order valence-electron chi connectivity index (χ1n) is 10.8. The Kier molecular flexibility index (Phi) is 5.97. The number of anilines is 1. The molecule has 7 nitrogen and oxygen atoms in total. The van der Waals surface area contributed by atoms with E-state index in [1.807, 2.05) is 17.0 Å². The van der Waals surface area contributed by atoms with Crippen molar-refractivity contribution in [3.8, 4) is 0 Å². The Balaban J connectivity index is 1.45. The lowest BCUT2D eigenvalue weighted by molar-refractivity contribution is -0.134. The van der Waals surface area contributed by atoms with Crippen molar-refractivity contribution in [1.82, 2.24) is 20.1 Å². The van der Waals surface area contributed by atoms with Gasteiger partial charge in [0.15, 0.2) is 0 Å². The number of aromatic nitrogens is 1. The van der Waals surface area contributed by atoms with Crippen molar-refractivity contribution in [1.29, 1.82) is 0 Å². The van der Waals surface area contributed by atoms with Gasteiger partial charge in [0.25, 0.3) is 5.91 Å². The van der Waals surface area contributed by atoms with Gasteiger partial charge in [-0.05, 0) is 50.9 Å². The van der Waals surface area contributed by atoms with Crippen LogP contribution in [0.2, 0.25) is 0 Å². The summed E-state index contributed by atoms with van der Waals surface area (Å²) in [7, 11) is 1.60. The first-order chi connectivity index (χ1) is 14.4. The van der Waals surface area contributed by atoms with Gasteiger partial charge in [-0.25, -0.2) is 4.98 Å². The highest BCUT2D eigenvalue weighted by atomic mass is 32.1. The number of carbonyl (C=O) groups excluding carboxylic acids is 2. The van der Waals surface area contributed by atoms with Crippen LogP contribution in [0.1, 0.15) is 54.4 Å². The van der Waals surface area contributed by atoms with Crippen LogP contribution in [-0.2, 0) is 10.2 Å². The van der Waals surface area contributed by atoms with Crippen LogP contribution in [0.3, 0.4) is 0 Å². The Labute approximate surface area is 181 Å². The Morgan fingerprint density at radius 3 is 2.53 bits per heavy atom. The topological polar surface area (TPSA) is 91.6 Å². The summed E-state index contributed by atoms with van der Waals surface area (Å²) in [6.45, 7) is 6.40. The first kappa shape index (κ1) is 21.1. The Morgan fingerprint density at radius 2 is 1.87 bits per heavy atom. The number of rotatable bonds is 4. The van der Waals surface area contributed by atoms with Crippen molar-refractivity contribution in [2.75, 3.05) is 45.5 Å². The number of piperidine rings is 2. The molecule has 0 aromatic carbocycles. The van der Waals surface area contributed by atoms with Crippen LogP contribution in [0.4, 0.5) is 5.69 Å². The quantitative estimate of drug-likeness (QED) is 0.780. The molecule has 0 spiro atoms. The van der Waals surface area contributed by atoms with Crippen LogP contribution in [0.25, 0.3) is 10.2 Å². The second-order valence-corrected chi connectivity index (χ2v) is 9.75. The first-order valence-corrected chi connectivity index (χ1v) is 11.6. The molecule has 2 aliphatic heterocycles. The van der Waals surface area contributed by atoms with Gasteiger partial charge in [-0.3, -0.25) is 14.5 Å². The van der Waals surface area contributed by atoms with E-state index in [1.165, 1.54) is 30.6 Å². The van der Waals surface area contributed by atoms with Crippen LogP contribution >= 0.6 is 11.3 Å². The van der Waals surface area contributed by atoms with E-state index in [1.54, 1.807) is 7.05 Å². The molecular formula is C22H31N5O2S. The zero-order valence-electron chi connectivity index (χ0n) is 17.9. The van der Waals surface area contributed by atoms with Gasteiger partial charge >= 0.3 is 0 Å². The summed E-state index contributed by atoms with van der Waals surface area (Å²) in [4.78, 5) is 35.3. The molecule has 2 aromatic rings. The molecule has 2 saturated heterocycles. The number of nitrogens with one attached hydrogen (secondary N) is 1. The van der Waals surface area contributed by atoms with Gasteiger partial charge in [-0.2, -0.15) is 0 Å². The maximum atomic E-state index is 12.7. The van der Waals surface area contributed by atoms with Gasteiger partial charge in [0.1, 0.15) is 9.71 Å². The smallest absolute Gasteiger partial charge is 0.263 e. The molecule has 0 saturated carbocycles. The van der Waals surface area contributed by atoms with Gasteiger partial charge in [0.05, 0.1) is 12.2 Å². The fourth-order valence-electron chi connectivity index (χ4n) is 4.53. The maximum absolute atomic E-state index is 12.7. The number of thiophene rings is 1. The Bertz CT molecular complexity index is 942. The number of nitrogens with two attached hydrogens (primary N) is 1. The zero-order chi connectivity index (χ0) is 21.3. The van der Waals surface area contributed by atoms with Crippen molar-refractivity contribution >= 4 is 39.1 Å². The van der Waals surface area contributed by atoms with E-state index in [2.05, 4.69) is 17.1 Å². The van der Waals surface area contributed by atoms with Gasteiger partial charge in [0, 0.05) is 36.6 Å². The van der Waals surface area contributed by atoms with Crippen molar-refractivity contribution in [3.05, 3.63) is 22.7 Å². The van der Waals surface area contributed by atoms with E-state index in [4.69, 9.17) is 10.7 Å². The lowest BCUT2D eigenvalue weighted by Crippen LogP contribution is -2.48. The summed E-state index contributed by atoms with van der Waals surface area (Å²) in [6, 6.07) is 4.01. The molecule has 0 atom stereocenters. The normalized spacial score (nSPS) is 19.7. The number of pyridine rings is 1. The predicted octanol–water partition coefficient (Wildman–Crippen LogP) is 2.60. The van der Waals surface area contributed by atoms with Gasteiger partial charge < -0.3 is 16.0 Å². The van der Waals surface area contributed by atoms with Crippen LogP contribution in [0.5, 0.6) is 0 Å². The summed E-state index contributed by atoms with van der Waals surface area (Å²) >= 11 is 1.34. The fraction of sp³-hybridized carbons (Fsp3) is 0.591. The lowest BCUT2D eigenvalue weighted by atomic mass is 9.77. The molecule has 0 bridgehead atoms. The third kappa shape index (κ3) is 4.03. The van der Waals surface area contributed by atoms with Gasteiger partial charge in [0.2, 0.25) is 5.91 Å². The van der Waals surface area contributed by atoms with E-state index >= 15 is 0 Å². The molecular weight excluding hydrogens is 398 g/mol. The van der Waals surface area contributed by atoms with Crippen LogP contribution in [-0.4, -0.2) is 66.4 Å². The van der Waals surface area contributed by atoms with E-state index in [0.717, 1.165) is 54.9 Å². The van der Waals surface area contributed by atoms with Gasteiger partial charge in [-0.15, -0.1) is 11.3 Å². The minimum Gasteiger partial charge on any atom is -0.397 e. The zero-order valence-corrected chi connectivity index (χ0v) is 18.7. The van der Waals surface area contributed by atoms with Crippen molar-refractivity contribution in [2.45, 2.75) is 44.4 Å². The Hall–Kier alpha value is -2.19. The van der Waals surface area contributed by atoms with Crippen molar-refractivity contribution in [2.24, 2.45) is 0 Å². The predicted molar refractivity (Wildman–Crippen MR) is 121 cm³/mol. The SMILES string of the molecule is CNC(=O)c1sc2nc(C3(C)CCN(C(=O)CN4CCCCC4)CC3)ccc2c1N. The van der Waals surface area contributed by atoms with E-state index in [9.17, 15) is 9.59 Å². The summed E-state index contributed by atoms with van der Waals surface area (Å²) in [5.74, 6) is 0.0763. The Morgan fingerprint density at radius 1 is 1.17 bits per heavy atom. The number of amides is 2. The standard InChI is InChI=1S/C22H31N5O2S/c1-22(8-12-27(13-9-22)17(28)14-26-10-4-3-5-11-26)16-7-6-15-18(23)19(20(29)24-2)30-21(15)25-16/h6-7H,3-5,8-14,23H2,1-2H3,(H,24,29). The van der Waals surface area contributed by atoms with E-state index in [0.29, 0.717) is 17.1 Å². The average Bonchev–Trinajstić information content (AvgIpc) is 3.10. The van der Waals surface area contributed by atoms with Crippen molar-refractivity contribution in [3.63, 3.8) is 0 Å². The van der Waals surface area contributed by atoms with E-state index < -0.39 is 0 Å². The molecule has 2 fully saturated rings. The number of nitrogens with zero attached hydrogens (tertiary/aromatic N) is 3. The fourth-order valence-corrected chi connectivity index (χ4v) is 5.57. The molecule has 0 aliphatic carbocycles. The number of nitrogen functional groups attached to an aromatic ring is 1. The minimum absolute atomic E-state index is 0.0813. The highest BCUT2D eigenvalue weighted by Gasteiger charge is 2.35. The number of fused-ring (bicyclic) bond motifs is 1. The molecule has 3 N–H and O–H groups in total. The monoisotopic (exact) mass is 429 g/mol. The largest absolute Gasteiger partial charge is 0.397 e. The molecule has 4 rings (SSSR count). The number of likely N-dealkylation sites (tertiary alicyclic amines) is 2.